The fraction of sp³-hybridized carbons (Fsp3) is 0.306. The number of benzene rings is 3. The van der Waals surface area contributed by atoms with Gasteiger partial charge in [-0.1, -0.05) is 11.6 Å². The van der Waals surface area contributed by atoms with E-state index in [4.69, 9.17) is 11.6 Å². The molecule has 0 unspecified atom stereocenters. The fourth-order valence-electron chi connectivity index (χ4n) is 7.79. The van der Waals surface area contributed by atoms with Crippen LogP contribution in [0.4, 0.5) is 32.2 Å². The summed E-state index contributed by atoms with van der Waals surface area (Å²) in [5.41, 5.74) is -3.28. The Bertz CT molecular complexity index is 3060. The molecule has 14 nitrogen and oxygen atoms in total. The lowest BCUT2D eigenvalue weighted by Crippen LogP contribution is -2.38. The molecule has 59 heavy (non-hydrogen) atoms. The normalized spacial score (nSPS) is 17.7. The van der Waals surface area contributed by atoms with Crippen LogP contribution in [-0.2, 0) is 50.6 Å². The van der Waals surface area contributed by atoms with E-state index in [2.05, 4.69) is 25.2 Å². The minimum absolute atomic E-state index is 0.0107. The zero-order valence-corrected chi connectivity index (χ0v) is 33.0. The van der Waals surface area contributed by atoms with Crippen LogP contribution in [-0.4, -0.2) is 64.4 Å². The average molecular weight is 883 g/mol. The van der Waals surface area contributed by atoms with Crippen LogP contribution in [0.5, 0.6) is 0 Å². The number of carbonyl (C=O) groups excluding carboxylic acids is 1. The molecule has 1 fully saturated rings. The molecular formula is C36H29ClF6N8O6S2. The topological polar surface area (TPSA) is 180 Å². The minimum Gasteiger partial charge on any atom is -0.344 e. The number of nitrogens with one attached hydrogen (secondary N) is 2. The van der Waals surface area contributed by atoms with Gasteiger partial charge in [-0.3, -0.25) is 28.2 Å². The molecule has 8 rings (SSSR count). The minimum atomic E-state index is -3.94. The standard InChI is InChI=1S/C36H29ClF6N8O6S2/c1-49-30-25(7-6-22(37)28(30)33(47-49)48-59(3,56)57)51-34(45-23-12-18(58(2,54)55)4-5-19(23)35(51)53)24(10-15-8-16(38)11-17(39)9-15)44-26(52)14-50-31-27(29(46-50)32(40)41)20-13-21(20)36(31,42)43/h4-9,11-12,20-21,24,32H,10,13-14H2,1-3H3,(H,44,52)(H,47,48)/t20-,21+,24-/m0/s1. The number of aromatic nitrogens is 6. The maximum absolute atomic E-state index is 15.4. The molecule has 2 aliphatic rings. The monoisotopic (exact) mass is 882 g/mol. The summed E-state index contributed by atoms with van der Waals surface area (Å²) in [4.78, 5) is 33.1. The lowest BCUT2D eigenvalue weighted by Gasteiger charge is -2.24. The molecule has 2 N–H and O–H groups in total. The highest BCUT2D eigenvalue weighted by Gasteiger charge is 2.67. The van der Waals surface area contributed by atoms with Crippen LogP contribution >= 0.6 is 11.6 Å². The molecule has 0 radical (unpaired) electrons. The highest BCUT2D eigenvalue weighted by atomic mass is 35.5. The predicted octanol–water partition coefficient (Wildman–Crippen LogP) is 5.42. The third kappa shape index (κ3) is 7.09. The van der Waals surface area contributed by atoms with Gasteiger partial charge in [0, 0.05) is 37.3 Å². The molecule has 1 saturated carbocycles. The van der Waals surface area contributed by atoms with Gasteiger partial charge in [0.2, 0.25) is 15.9 Å². The van der Waals surface area contributed by atoms with Crippen LogP contribution in [0, 0.1) is 17.6 Å². The van der Waals surface area contributed by atoms with Gasteiger partial charge in [-0.15, -0.1) is 0 Å². The molecule has 23 heteroatoms. The summed E-state index contributed by atoms with van der Waals surface area (Å²) < 4.78 is 143. The van der Waals surface area contributed by atoms with E-state index in [-0.39, 0.29) is 60.8 Å². The van der Waals surface area contributed by atoms with E-state index in [0.29, 0.717) is 10.7 Å². The second-order valence-electron chi connectivity index (χ2n) is 14.5. The summed E-state index contributed by atoms with van der Waals surface area (Å²) in [7, 11) is -6.43. The molecule has 3 aromatic carbocycles. The first-order valence-electron chi connectivity index (χ1n) is 17.4. The quantitative estimate of drug-likeness (QED) is 0.161. The molecule has 1 amide bonds. The lowest BCUT2D eigenvalue weighted by molar-refractivity contribution is -0.123. The van der Waals surface area contributed by atoms with Crippen molar-refractivity contribution in [2.75, 3.05) is 17.2 Å². The van der Waals surface area contributed by atoms with E-state index in [1.807, 2.05) is 0 Å². The van der Waals surface area contributed by atoms with E-state index >= 15 is 8.78 Å². The molecule has 2 aliphatic carbocycles. The van der Waals surface area contributed by atoms with Crippen LogP contribution in [0.1, 0.15) is 53.1 Å². The van der Waals surface area contributed by atoms with Gasteiger partial charge in [-0.25, -0.2) is 39.4 Å². The van der Waals surface area contributed by atoms with Gasteiger partial charge in [-0.05, 0) is 60.4 Å². The first-order valence-corrected chi connectivity index (χ1v) is 21.6. The van der Waals surface area contributed by atoms with Crippen molar-refractivity contribution >= 4 is 65.0 Å². The van der Waals surface area contributed by atoms with Crippen LogP contribution < -0.4 is 15.6 Å². The van der Waals surface area contributed by atoms with Gasteiger partial charge in [0.05, 0.1) is 49.7 Å². The van der Waals surface area contributed by atoms with Crippen LogP contribution in [0.2, 0.25) is 5.02 Å². The number of carbonyl (C=O) groups is 1. The number of rotatable bonds is 11. The van der Waals surface area contributed by atoms with Crippen molar-refractivity contribution in [3.05, 3.63) is 104 Å². The molecule has 3 aromatic heterocycles. The molecule has 0 aliphatic heterocycles. The van der Waals surface area contributed by atoms with Crippen LogP contribution in [0.3, 0.4) is 0 Å². The second kappa shape index (κ2) is 13.8. The maximum atomic E-state index is 15.4. The third-order valence-corrected chi connectivity index (χ3v) is 12.2. The van der Waals surface area contributed by atoms with Crippen molar-refractivity contribution in [3.63, 3.8) is 0 Å². The Kier molecular flexibility index (Phi) is 9.43. The van der Waals surface area contributed by atoms with E-state index < -0.39 is 103 Å². The molecular weight excluding hydrogens is 854 g/mol. The number of hydrogen-bond donors (Lipinski definition) is 2. The Balaban J connectivity index is 1.35. The molecule has 0 saturated heterocycles. The number of halogens is 7. The Morgan fingerprint density at radius 3 is 2.36 bits per heavy atom. The van der Waals surface area contributed by atoms with Gasteiger partial charge >= 0.3 is 0 Å². The van der Waals surface area contributed by atoms with Crippen molar-refractivity contribution in [1.29, 1.82) is 0 Å². The summed E-state index contributed by atoms with van der Waals surface area (Å²) in [5, 5.41) is 10.3. The van der Waals surface area contributed by atoms with Crippen LogP contribution in [0.25, 0.3) is 27.5 Å². The largest absolute Gasteiger partial charge is 0.344 e. The number of nitrogens with zero attached hydrogens (tertiary/aromatic N) is 6. The number of aryl methyl sites for hydroxylation is 1. The number of fused-ring (bicyclic) bond motifs is 5. The number of hydrogen-bond acceptors (Lipinski definition) is 9. The van der Waals surface area contributed by atoms with Crippen molar-refractivity contribution in [2.45, 2.75) is 48.6 Å². The molecule has 6 aromatic rings. The van der Waals surface area contributed by atoms with Crippen molar-refractivity contribution in [1.82, 2.24) is 34.4 Å². The first kappa shape index (κ1) is 40.3. The zero-order valence-electron chi connectivity index (χ0n) is 30.6. The third-order valence-electron chi connectivity index (χ3n) is 10.2. The highest BCUT2D eigenvalue weighted by Crippen LogP contribution is 2.68. The zero-order chi connectivity index (χ0) is 42.7. The Morgan fingerprint density at radius 2 is 1.71 bits per heavy atom. The number of sulfonamides is 1. The van der Waals surface area contributed by atoms with E-state index in [9.17, 15) is 44.0 Å². The highest BCUT2D eigenvalue weighted by molar-refractivity contribution is 7.92. The van der Waals surface area contributed by atoms with Crippen molar-refractivity contribution in [2.24, 2.45) is 13.0 Å². The Labute approximate surface area is 334 Å². The molecule has 0 spiro atoms. The predicted molar refractivity (Wildman–Crippen MR) is 201 cm³/mol. The summed E-state index contributed by atoms with van der Waals surface area (Å²) >= 11 is 6.55. The van der Waals surface area contributed by atoms with Gasteiger partial charge in [0.1, 0.15) is 35.4 Å². The van der Waals surface area contributed by atoms with Crippen molar-refractivity contribution < 1.29 is 48.0 Å². The average Bonchev–Trinajstić information content (AvgIpc) is 3.66. The first-order chi connectivity index (χ1) is 27.5. The molecule has 310 valence electrons. The van der Waals surface area contributed by atoms with Gasteiger partial charge < -0.3 is 5.32 Å². The lowest BCUT2D eigenvalue weighted by atomic mass is 10.0. The Morgan fingerprint density at radius 1 is 1.02 bits per heavy atom. The van der Waals surface area contributed by atoms with E-state index in [1.54, 1.807) is 0 Å². The summed E-state index contributed by atoms with van der Waals surface area (Å²) in [6, 6.07) is 6.87. The number of anilines is 1. The molecule has 3 heterocycles. The van der Waals surface area contributed by atoms with Crippen molar-refractivity contribution in [3.8, 4) is 5.69 Å². The SMILES string of the molecule is Cn1nc(NS(C)(=O)=O)c2c(Cl)ccc(-n3c([C@H](Cc4cc(F)cc(F)c4)NC(=O)Cn4nc(C(F)F)c5c4C(F)(F)[C@@H]4C[C@H]54)nc4cc(S(C)(=O)=O)ccc4c3=O)c21. The summed E-state index contributed by atoms with van der Waals surface area (Å²) in [6.45, 7) is -1.04. The smallest absolute Gasteiger partial charge is 0.293 e. The molecule has 0 bridgehead atoms. The van der Waals surface area contributed by atoms with E-state index in [1.165, 1.54) is 29.9 Å². The summed E-state index contributed by atoms with van der Waals surface area (Å²) in [5.74, 6) is -9.49. The van der Waals surface area contributed by atoms with Crippen LogP contribution in [0.15, 0.2) is 58.2 Å². The van der Waals surface area contributed by atoms with Gasteiger partial charge in [0.25, 0.3) is 17.9 Å². The Hall–Kier alpha value is -5.48. The second-order valence-corrected chi connectivity index (χ2v) is 18.6. The number of amides is 1. The van der Waals surface area contributed by atoms with E-state index in [0.717, 1.165) is 41.3 Å². The maximum Gasteiger partial charge on any atom is 0.293 e. The van der Waals surface area contributed by atoms with Gasteiger partial charge in [0.15, 0.2) is 15.7 Å². The fourth-order valence-corrected chi connectivity index (χ4v) is 9.17. The summed E-state index contributed by atoms with van der Waals surface area (Å²) in [6.07, 6.45) is -2.04. The number of alkyl halides is 4. The number of sulfone groups is 1. The van der Waals surface area contributed by atoms with Gasteiger partial charge in [-0.2, -0.15) is 19.0 Å². The molecule has 3 atom stereocenters.